The van der Waals surface area contributed by atoms with Crippen molar-refractivity contribution in [2.45, 2.75) is 32.2 Å². The highest BCUT2D eigenvalue weighted by molar-refractivity contribution is 6.18. The van der Waals surface area contributed by atoms with Crippen molar-refractivity contribution in [3.05, 3.63) is 29.3 Å². The molecule has 0 fully saturated rings. The summed E-state index contributed by atoms with van der Waals surface area (Å²) in [6, 6.07) is 5.94. The van der Waals surface area contributed by atoms with Gasteiger partial charge in [-0.2, -0.15) is 0 Å². The predicted molar refractivity (Wildman–Crippen MR) is 69.3 cm³/mol. The second-order valence-electron chi connectivity index (χ2n) is 4.97. The molecular formula is C13H20ClNO. The Balaban J connectivity index is 3.21. The van der Waals surface area contributed by atoms with Crippen LogP contribution in [0.1, 0.15) is 37.9 Å². The lowest BCUT2D eigenvalue weighted by atomic mass is 9.85. The number of rotatable bonds is 3. The topological polar surface area (TPSA) is 35.2 Å². The van der Waals surface area contributed by atoms with Crippen LogP contribution in [0.5, 0.6) is 5.75 Å². The van der Waals surface area contributed by atoms with Gasteiger partial charge in [0.2, 0.25) is 0 Å². The molecule has 0 saturated carbocycles. The molecule has 0 spiro atoms. The molecule has 0 aliphatic carbocycles. The third-order valence-electron chi connectivity index (χ3n) is 2.66. The largest absolute Gasteiger partial charge is 0.496 e. The number of methoxy groups -OCH3 is 1. The molecule has 0 aliphatic rings. The molecule has 1 aromatic carbocycles. The maximum absolute atomic E-state index is 5.97. The molecule has 0 heterocycles. The molecule has 16 heavy (non-hydrogen) atoms. The summed E-state index contributed by atoms with van der Waals surface area (Å²) in [7, 11) is 1.65. The Morgan fingerprint density at radius 2 is 2.00 bits per heavy atom. The fourth-order valence-corrected chi connectivity index (χ4v) is 1.74. The van der Waals surface area contributed by atoms with Gasteiger partial charge in [-0.1, -0.05) is 26.8 Å². The van der Waals surface area contributed by atoms with Crippen molar-refractivity contribution in [2.24, 2.45) is 5.73 Å². The Morgan fingerprint density at radius 3 is 2.44 bits per heavy atom. The Kier molecular flexibility index (Phi) is 4.22. The average Bonchev–Trinajstić information content (AvgIpc) is 2.25. The van der Waals surface area contributed by atoms with Crippen molar-refractivity contribution < 1.29 is 4.74 Å². The molecule has 2 N–H and O–H groups in total. The van der Waals surface area contributed by atoms with E-state index < -0.39 is 0 Å². The van der Waals surface area contributed by atoms with E-state index in [4.69, 9.17) is 22.1 Å². The van der Waals surface area contributed by atoms with Gasteiger partial charge in [-0.05, 0) is 23.1 Å². The molecule has 1 aromatic rings. The number of alkyl halides is 1. The number of halogens is 1. The van der Waals surface area contributed by atoms with Crippen molar-refractivity contribution in [2.75, 3.05) is 13.0 Å². The Hall–Kier alpha value is -0.730. The van der Waals surface area contributed by atoms with E-state index in [1.165, 1.54) is 5.56 Å². The Labute approximate surface area is 103 Å². The van der Waals surface area contributed by atoms with E-state index in [0.717, 1.165) is 11.3 Å². The van der Waals surface area contributed by atoms with Gasteiger partial charge in [-0.15, -0.1) is 11.6 Å². The van der Waals surface area contributed by atoms with Crippen molar-refractivity contribution in [1.82, 2.24) is 0 Å². The highest BCUT2D eigenvalue weighted by Crippen LogP contribution is 2.31. The van der Waals surface area contributed by atoms with Crippen LogP contribution in [0.4, 0.5) is 0 Å². The van der Waals surface area contributed by atoms with E-state index >= 15 is 0 Å². The second kappa shape index (κ2) is 5.07. The van der Waals surface area contributed by atoms with Gasteiger partial charge in [0, 0.05) is 17.5 Å². The molecule has 0 amide bonds. The van der Waals surface area contributed by atoms with Gasteiger partial charge < -0.3 is 10.5 Å². The molecule has 1 atom stereocenters. The standard InChI is InChI=1S/C13H20ClNO/c1-13(2,3)9-5-6-12(16-4)10(7-9)11(15)8-14/h5-7,11H,8,15H2,1-4H3. The fraction of sp³-hybridized carbons (Fsp3) is 0.538. The van der Waals surface area contributed by atoms with Crippen LogP contribution < -0.4 is 10.5 Å². The molecule has 2 nitrogen and oxygen atoms in total. The van der Waals surface area contributed by atoms with Crippen LogP contribution in [0.2, 0.25) is 0 Å². The number of hydrogen-bond acceptors (Lipinski definition) is 2. The van der Waals surface area contributed by atoms with Crippen molar-refractivity contribution in [1.29, 1.82) is 0 Å². The molecule has 1 rings (SSSR count). The maximum Gasteiger partial charge on any atom is 0.123 e. The summed E-state index contributed by atoms with van der Waals surface area (Å²) in [5, 5.41) is 0. The minimum atomic E-state index is -0.182. The molecule has 90 valence electrons. The van der Waals surface area contributed by atoms with Crippen LogP contribution in [-0.4, -0.2) is 13.0 Å². The third-order valence-corrected chi connectivity index (χ3v) is 2.99. The summed E-state index contributed by atoms with van der Waals surface area (Å²) in [6.07, 6.45) is 0. The van der Waals surface area contributed by atoms with Crippen molar-refractivity contribution >= 4 is 11.6 Å². The van der Waals surface area contributed by atoms with E-state index in [2.05, 4.69) is 32.9 Å². The van der Waals surface area contributed by atoms with Gasteiger partial charge in [0.25, 0.3) is 0 Å². The van der Waals surface area contributed by atoms with E-state index in [1.807, 2.05) is 6.07 Å². The Bertz CT molecular complexity index is 357. The molecule has 0 radical (unpaired) electrons. The van der Waals surface area contributed by atoms with Gasteiger partial charge in [0.15, 0.2) is 0 Å². The first-order valence-corrected chi connectivity index (χ1v) is 5.93. The minimum Gasteiger partial charge on any atom is -0.496 e. The lowest BCUT2D eigenvalue weighted by molar-refractivity contribution is 0.406. The van der Waals surface area contributed by atoms with Gasteiger partial charge in [0.05, 0.1) is 7.11 Å². The normalized spacial score (nSPS) is 13.6. The zero-order valence-electron chi connectivity index (χ0n) is 10.4. The summed E-state index contributed by atoms with van der Waals surface area (Å²) in [6.45, 7) is 6.51. The third kappa shape index (κ3) is 2.89. The number of benzene rings is 1. The molecule has 0 aromatic heterocycles. The van der Waals surface area contributed by atoms with E-state index in [9.17, 15) is 0 Å². The highest BCUT2D eigenvalue weighted by Gasteiger charge is 2.18. The first-order chi connectivity index (χ1) is 7.40. The number of hydrogen-bond donors (Lipinski definition) is 1. The average molecular weight is 242 g/mol. The molecule has 0 aliphatic heterocycles. The van der Waals surface area contributed by atoms with Crippen LogP contribution in [-0.2, 0) is 5.41 Å². The highest BCUT2D eigenvalue weighted by atomic mass is 35.5. The van der Waals surface area contributed by atoms with Crippen LogP contribution >= 0.6 is 11.6 Å². The second-order valence-corrected chi connectivity index (χ2v) is 5.28. The first-order valence-electron chi connectivity index (χ1n) is 5.40. The van der Waals surface area contributed by atoms with Crippen LogP contribution in [0.25, 0.3) is 0 Å². The molecule has 0 bridgehead atoms. The maximum atomic E-state index is 5.97. The molecule has 0 saturated heterocycles. The summed E-state index contributed by atoms with van der Waals surface area (Å²) in [4.78, 5) is 0. The number of nitrogens with two attached hydrogens (primary N) is 1. The minimum absolute atomic E-state index is 0.104. The molecular weight excluding hydrogens is 222 g/mol. The van der Waals surface area contributed by atoms with Crippen LogP contribution in [0.15, 0.2) is 18.2 Å². The lowest BCUT2D eigenvalue weighted by Crippen LogP contribution is -2.16. The lowest BCUT2D eigenvalue weighted by Gasteiger charge is -2.22. The van der Waals surface area contributed by atoms with Crippen molar-refractivity contribution in [3.8, 4) is 5.75 Å². The summed E-state index contributed by atoms with van der Waals surface area (Å²) in [5.74, 6) is 1.20. The summed E-state index contributed by atoms with van der Waals surface area (Å²) < 4.78 is 5.30. The predicted octanol–water partition coefficient (Wildman–Crippen LogP) is 3.23. The monoisotopic (exact) mass is 241 g/mol. The fourth-order valence-electron chi connectivity index (χ4n) is 1.57. The molecule has 1 unspecified atom stereocenters. The summed E-state index contributed by atoms with van der Waals surface area (Å²) >= 11 is 5.80. The number of ether oxygens (including phenoxy) is 1. The summed E-state index contributed by atoms with van der Waals surface area (Å²) in [5.41, 5.74) is 8.29. The molecule has 3 heteroatoms. The first kappa shape index (κ1) is 13.3. The van der Waals surface area contributed by atoms with Gasteiger partial charge in [0.1, 0.15) is 5.75 Å². The van der Waals surface area contributed by atoms with Gasteiger partial charge in [-0.25, -0.2) is 0 Å². The smallest absolute Gasteiger partial charge is 0.123 e. The van der Waals surface area contributed by atoms with Crippen molar-refractivity contribution in [3.63, 3.8) is 0 Å². The Morgan fingerprint density at radius 1 is 1.38 bits per heavy atom. The van der Waals surface area contributed by atoms with Crippen LogP contribution in [0.3, 0.4) is 0 Å². The van der Waals surface area contributed by atoms with E-state index in [0.29, 0.717) is 5.88 Å². The van der Waals surface area contributed by atoms with Crippen LogP contribution in [0, 0.1) is 0 Å². The van der Waals surface area contributed by atoms with E-state index in [1.54, 1.807) is 7.11 Å². The zero-order chi connectivity index (χ0) is 12.3. The SMILES string of the molecule is COc1ccc(C(C)(C)C)cc1C(N)CCl. The quantitative estimate of drug-likeness (QED) is 0.825. The van der Waals surface area contributed by atoms with Gasteiger partial charge >= 0.3 is 0 Å². The van der Waals surface area contributed by atoms with E-state index in [-0.39, 0.29) is 11.5 Å². The van der Waals surface area contributed by atoms with Gasteiger partial charge in [-0.3, -0.25) is 0 Å². The zero-order valence-corrected chi connectivity index (χ0v) is 11.1.